The van der Waals surface area contributed by atoms with E-state index < -0.39 is 0 Å². The summed E-state index contributed by atoms with van der Waals surface area (Å²) >= 11 is 0. The second-order valence-electron chi connectivity index (χ2n) is 4.56. The van der Waals surface area contributed by atoms with Crippen LogP contribution in [0.3, 0.4) is 0 Å². The average molecular weight is 229 g/mol. The second kappa shape index (κ2) is 9.64. The molecule has 0 saturated heterocycles. The van der Waals surface area contributed by atoms with Crippen LogP contribution in [0.2, 0.25) is 0 Å². The lowest BCUT2D eigenvalue weighted by Gasteiger charge is -2.19. The molecule has 0 unspecified atom stereocenters. The Bertz CT molecular complexity index is 181. The van der Waals surface area contributed by atoms with Gasteiger partial charge in [-0.15, -0.1) is 0 Å². The fourth-order valence-corrected chi connectivity index (χ4v) is 1.63. The summed E-state index contributed by atoms with van der Waals surface area (Å²) in [6.07, 6.45) is 3.69. The topological polar surface area (TPSA) is 29.5 Å². The van der Waals surface area contributed by atoms with Crippen molar-refractivity contribution in [2.45, 2.75) is 47.0 Å². The number of esters is 1. The van der Waals surface area contributed by atoms with Crippen LogP contribution in [-0.2, 0) is 9.53 Å². The lowest BCUT2D eigenvalue weighted by Crippen LogP contribution is -2.31. The van der Waals surface area contributed by atoms with Gasteiger partial charge >= 0.3 is 5.97 Å². The summed E-state index contributed by atoms with van der Waals surface area (Å²) in [6.45, 7) is 11.3. The van der Waals surface area contributed by atoms with Gasteiger partial charge in [-0.2, -0.15) is 0 Å². The van der Waals surface area contributed by atoms with E-state index in [1.165, 1.54) is 19.3 Å². The third-order valence-corrected chi connectivity index (χ3v) is 2.61. The predicted molar refractivity (Wildman–Crippen MR) is 67.4 cm³/mol. The van der Waals surface area contributed by atoms with Crippen LogP contribution in [0.4, 0.5) is 0 Å². The van der Waals surface area contributed by atoms with Gasteiger partial charge in [-0.3, -0.25) is 9.69 Å². The van der Waals surface area contributed by atoms with Crippen LogP contribution < -0.4 is 0 Å². The standard InChI is InChI=1S/C13H27NO2/c1-5-14(11-13(15)16-6-2)10-8-7-9-12(3)4/h12H,5-11H2,1-4H3. The molecule has 0 aliphatic heterocycles. The van der Waals surface area contributed by atoms with Gasteiger partial charge in [-0.1, -0.05) is 33.6 Å². The van der Waals surface area contributed by atoms with Gasteiger partial charge in [0.1, 0.15) is 0 Å². The number of carbonyl (C=O) groups excluding carboxylic acids is 1. The molecule has 0 saturated carbocycles. The number of hydrogen-bond donors (Lipinski definition) is 0. The molecular weight excluding hydrogens is 202 g/mol. The van der Waals surface area contributed by atoms with E-state index in [9.17, 15) is 4.79 Å². The molecule has 0 atom stereocenters. The number of hydrogen-bond acceptors (Lipinski definition) is 3. The van der Waals surface area contributed by atoms with Gasteiger partial charge in [0.15, 0.2) is 0 Å². The van der Waals surface area contributed by atoms with Crippen molar-refractivity contribution in [3.63, 3.8) is 0 Å². The molecule has 96 valence electrons. The van der Waals surface area contributed by atoms with Crippen molar-refractivity contribution in [2.75, 3.05) is 26.2 Å². The van der Waals surface area contributed by atoms with E-state index in [0.717, 1.165) is 19.0 Å². The smallest absolute Gasteiger partial charge is 0.320 e. The van der Waals surface area contributed by atoms with Crippen molar-refractivity contribution >= 4 is 5.97 Å². The fraction of sp³-hybridized carbons (Fsp3) is 0.923. The van der Waals surface area contributed by atoms with E-state index in [1.807, 2.05) is 6.92 Å². The number of carbonyl (C=O) groups is 1. The fourth-order valence-electron chi connectivity index (χ4n) is 1.63. The molecule has 0 aliphatic carbocycles. The van der Waals surface area contributed by atoms with E-state index in [-0.39, 0.29) is 5.97 Å². The highest BCUT2D eigenvalue weighted by atomic mass is 16.5. The molecule has 0 fully saturated rings. The molecule has 0 heterocycles. The Morgan fingerprint density at radius 2 is 1.94 bits per heavy atom. The highest BCUT2D eigenvalue weighted by Gasteiger charge is 2.09. The summed E-state index contributed by atoms with van der Waals surface area (Å²) in [5.41, 5.74) is 0. The molecule has 3 heteroatoms. The molecule has 0 N–H and O–H groups in total. The maximum absolute atomic E-state index is 11.3. The largest absolute Gasteiger partial charge is 0.465 e. The Balaban J connectivity index is 3.62. The van der Waals surface area contributed by atoms with Gasteiger partial charge in [0, 0.05) is 0 Å². The van der Waals surface area contributed by atoms with E-state index in [0.29, 0.717) is 13.2 Å². The first-order chi connectivity index (χ1) is 7.60. The molecule has 0 radical (unpaired) electrons. The number of likely N-dealkylation sites (N-methyl/N-ethyl adjacent to an activating group) is 1. The minimum Gasteiger partial charge on any atom is -0.465 e. The SMILES string of the molecule is CCOC(=O)CN(CC)CCCCC(C)C. The average Bonchev–Trinajstić information content (AvgIpc) is 2.22. The zero-order chi connectivity index (χ0) is 12.4. The molecule has 16 heavy (non-hydrogen) atoms. The van der Waals surface area contributed by atoms with E-state index in [4.69, 9.17) is 4.74 Å². The van der Waals surface area contributed by atoms with Crippen molar-refractivity contribution < 1.29 is 9.53 Å². The van der Waals surface area contributed by atoms with Crippen LogP contribution in [-0.4, -0.2) is 37.1 Å². The highest BCUT2D eigenvalue weighted by molar-refractivity contribution is 5.71. The molecule has 0 amide bonds. The lowest BCUT2D eigenvalue weighted by atomic mass is 10.1. The quantitative estimate of drug-likeness (QED) is 0.450. The summed E-state index contributed by atoms with van der Waals surface area (Å²) in [6, 6.07) is 0. The Morgan fingerprint density at radius 1 is 1.25 bits per heavy atom. The maximum atomic E-state index is 11.3. The summed E-state index contributed by atoms with van der Waals surface area (Å²) in [4.78, 5) is 13.4. The third-order valence-electron chi connectivity index (χ3n) is 2.61. The first-order valence-corrected chi connectivity index (χ1v) is 6.48. The molecule has 0 spiro atoms. The molecule has 0 aromatic rings. The van der Waals surface area contributed by atoms with Gasteiger partial charge < -0.3 is 4.74 Å². The normalized spacial score (nSPS) is 11.1. The van der Waals surface area contributed by atoms with Gasteiger partial charge in [0.2, 0.25) is 0 Å². The first-order valence-electron chi connectivity index (χ1n) is 6.48. The van der Waals surface area contributed by atoms with Crippen molar-refractivity contribution in [2.24, 2.45) is 5.92 Å². The Kier molecular flexibility index (Phi) is 9.30. The second-order valence-corrected chi connectivity index (χ2v) is 4.56. The molecule has 0 bridgehead atoms. The summed E-state index contributed by atoms with van der Waals surface area (Å²) in [5.74, 6) is 0.674. The van der Waals surface area contributed by atoms with Crippen molar-refractivity contribution in [1.82, 2.24) is 4.90 Å². The third kappa shape index (κ3) is 8.72. The molecular formula is C13H27NO2. The zero-order valence-corrected chi connectivity index (χ0v) is 11.3. The van der Waals surface area contributed by atoms with E-state index in [2.05, 4.69) is 25.7 Å². The van der Waals surface area contributed by atoms with Gasteiger partial charge in [0.05, 0.1) is 13.2 Å². The van der Waals surface area contributed by atoms with Crippen LogP contribution in [0, 0.1) is 5.92 Å². The molecule has 0 aliphatic rings. The number of ether oxygens (including phenoxy) is 1. The molecule has 0 aromatic carbocycles. The van der Waals surface area contributed by atoms with Gasteiger partial charge in [-0.05, 0) is 32.4 Å². The predicted octanol–water partition coefficient (Wildman–Crippen LogP) is 2.70. The maximum Gasteiger partial charge on any atom is 0.320 e. The van der Waals surface area contributed by atoms with Crippen LogP contribution >= 0.6 is 0 Å². The van der Waals surface area contributed by atoms with Gasteiger partial charge in [0.25, 0.3) is 0 Å². The van der Waals surface area contributed by atoms with Crippen LogP contribution in [0.1, 0.15) is 47.0 Å². The monoisotopic (exact) mass is 229 g/mol. The summed E-state index contributed by atoms with van der Waals surface area (Å²) < 4.78 is 4.94. The molecule has 0 aromatic heterocycles. The van der Waals surface area contributed by atoms with E-state index in [1.54, 1.807) is 0 Å². The Labute approximate surface area is 100 Å². The summed E-state index contributed by atoms with van der Waals surface area (Å²) in [7, 11) is 0. The van der Waals surface area contributed by atoms with Crippen LogP contribution in [0.25, 0.3) is 0 Å². The van der Waals surface area contributed by atoms with E-state index >= 15 is 0 Å². The van der Waals surface area contributed by atoms with Crippen molar-refractivity contribution in [3.05, 3.63) is 0 Å². The van der Waals surface area contributed by atoms with Crippen molar-refractivity contribution in [3.8, 4) is 0 Å². The zero-order valence-electron chi connectivity index (χ0n) is 11.3. The number of rotatable bonds is 9. The Hall–Kier alpha value is -0.570. The Morgan fingerprint density at radius 3 is 2.44 bits per heavy atom. The lowest BCUT2D eigenvalue weighted by molar-refractivity contribution is -0.144. The minimum absolute atomic E-state index is 0.104. The number of unbranched alkanes of at least 4 members (excludes halogenated alkanes) is 1. The summed E-state index contributed by atoms with van der Waals surface area (Å²) in [5, 5.41) is 0. The molecule has 3 nitrogen and oxygen atoms in total. The van der Waals surface area contributed by atoms with Crippen molar-refractivity contribution in [1.29, 1.82) is 0 Å². The van der Waals surface area contributed by atoms with Crippen LogP contribution in [0.15, 0.2) is 0 Å². The minimum atomic E-state index is -0.104. The van der Waals surface area contributed by atoms with Gasteiger partial charge in [-0.25, -0.2) is 0 Å². The van der Waals surface area contributed by atoms with Crippen LogP contribution in [0.5, 0.6) is 0 Å². The number of nitrogens with zero attached hydrogens (tertiary/aromatic N) is 1. The molecule has 0 rings (SSSR count). The highest BCUT2D eigenvalue weighted by Crippen LogP contribution is 2.06. The first kappa shape index (κ1) is 15.4.